The van der Waals surface area contributed by atoms with Crippen molar-refractivity contribution in [1.29, 1.82) is 0 Å². The van der Waals surface area contributed by atoms with Crippen molar-refractivity contribution in [3.63, 3.8) is 0 Å². The minimum Gasteiger partial charge on any atom is -0.454 e. The van der Waals surface area contributed by atoms with Crippen molar-refractivity contribution in [3.8, 4) is 0 Å². The average molecular weight is 408 g/mol. The number of fused-ring (bicyclic) bond motifs is 1. The van der Waals surface area contributed by atoms with Gasteiger partial charge in [-0.05, 0) is 41.7 Å². The molecule has 0 fully saturated rings. The molecule has 0 saturated carbocycles. The summed E-state index contributed by atoms with van der Waals surface area (Å²) in [6, 6.07) is 15.9. The lowest BCUT2D eigenvalue weighted by atomic mass is 9.83. The SMILES string of the molecule is CSc1ccc(/C=C/C(=O)OCC(=O)C=C2N(C)c3ccccc3C2(C)C)cc1. The van der Waals surface area contributed by atoms with Gasteiger partial charge in [-0.3, -0.25) is 4.79 Å². The number of likely N-dealkylation sites (N-methyl/N-ethyl adjacent to an activating group) is 1. The van der Waals surface area contributed by atoms with E-state index >= 15 is 0 Å². The fourth-order valence-corrected chi connectivity index (χ4v) is 3.93. The minimum atomic E-state index is -0.534. The Balaban J connectivity index is 1.60. The Morgan fingerprint density at radius 1 is 1.10 bits per heavy atom. The average Bonchev–Trinajstić information content (AvgIpc) is 2.92. The summed E-state index contributed by atoms with van der Waals surface area (Å²) in [5.41, 5.74) is 3.77. The number of rotatable bonds is 6. The molecular weight excluding hydrogens is 382 g/mol. The molecule has 29 heavy (non-hydrogen) atoms. The third kappa shape index (κ3) is 4.62. The molecule has 0 saturated heterocycles. The van der Waals surface area contributed by atoms with Crippen LogP contribution in [0, 0.1) is 0 Å². The Bertz CT molecular complexity index is 974. The van der Waals surface area contributed by atoms with Crippen LogP contribution in [-0.2, 0) is 19.7 Å². The number of hydrogen-bond acceptors (Lipinski definition) is 5. The lowest BCUT2D eigenvalue weighted by Crippen LogP contribution is -2.25. The van der Waals surface area contributed by atoms with Gasteiger partial charge in [0.05, 0.1) is 0 Å². The van der Waals surface area contributed by atoms with E-state index in [1.54, 1.807) is 23.9 Å². The first-order valence-electron chi connectivity index (χ1n) is 9.40. The van der Waals surface area contributed by atoms with Crippen LogP contribution in [0.2, 0.25) is 0 Å². The van der Waals surface area contributed by atoms with Crippen LogP contribution in [0.4, 0.5) is 5.69 Å². The molecule has 1 heterocycles. The molecule has 150 valence electrons. The van der Waals surface area contributed by atoms with E-state index in [2.05, 4.69) is 19.9 Å². The molecule has 3 rings (SSSR count). The molecule has 0 spiro atoms. The number of carbonyl (C=O) groups is 2. The fraction of sp³-hybridized carbons (Fsp3) is 0.250. The van der Waals surface area contributed by atoms with E-state index in [4.69, 9.17) is 4.74 Å². The second-order valence-corrected chi connectivity index (χ2v) is 8.29. The first-order chi connectivity index (χ1) is 13.8. The highest BCUT2D eigenvalue weighted by Crippen LogP contribution is 2.46. The largest absolute Gasteiger partial charge is 0.454 e. The van der Waals surface area contributed by atoms with Crippen LogP contribution >= 0.6 is 11.8 Å². The lowest BCUT2D eigenvalue weighted by molar-refractivity contribution is -0.141. The van der Waals surface area contributed by atoms with Crippen LogP contribution in [-0.4, -0.2) is 31.7 Å². The molecule has 5 heteroatoms. The molecule has 2 aromatic carbocycles. The van der Waals surface area contributed by atoms with Crippen molar-refractivity contribution in [1.82, 2.24) is 0 Å². The van der Waals surface area contributed by atoms with Crippen LogP contribution < -0.4 is 4.90 Å². The third-order valence-corrected chi connectivity index (χ3v) is 5.87. The van der Waals surface area contributed by atoms with Crippen molar-refractivity contribution >= 4 is 35.3 Å². The zero-order valence-electron chi connectivity index (χ0n) is 17.1. The molecule has 0 atom stereocenters. The number of nitrogens with zero attached hydrogens (tertiary/aromatic N) is 1. The molecule has 0 radical (unpaired) electrons. The first kappa shape index (κ1) is 20.9. The fourth-order valence-electron chi connectivity index (χ4n) is 3.52. The van der Waals surface area contributed by atoms with Crippen LogP contribution in [0.25, 0.3) is 6.08 Å². The predicted molar refractivity (Wildman–Crippen MR) is 119 cm³/mol. The van der Waals surface area contributed by atoms with E-state index in [0.29, 0.717) is 0 Å². The van der Waals surface area contributed by atoms with E-state index in [1.807, 2.05) is 60.7 Å². The number of hydrogen-bond donors (Lipinski definition) is 0. The summed E-state index contributed by atoms with van der Waals surface area (Å²) < 4.78 is 5.12. The van der Waals surface area contributed by atoms with Gasteiger partial charge in [0.15, 0.2) is 12.4 Å². The number of ketones is 1. The highest BCUT2D eigenvalue weighted by molar-refractivity contribution is 7.98. The molecule has 4 nitrogen and oxygen atoms in total. The summed E-state index contributed by atoms with van der Waals surface area (Å²) in [6.07, 6.45) is 6.62. The lowest BCUT2D eigenvalue weighted by Gasteiger charge is -2.23. The van der Waals surface area contributed by atoms with Crippen LogP contribution in [0.15, 0.2) is 71.3 Å². The number of thioether (sulfide) groups is 1. The zero-order valence-corrected chi connectivity index (χ0v) is 18.0. The van der Waals surface area contributed by atoms with Gasteiger partial charge in [-0.2, -0.15) is 0 Å². The highest BCUT2D eigenvalue weighted by Gasteiger charge is 2.38. The first-order valence-corrected chi connectivity index (χ1v) is 10.6. The molecule has 2 aromatic rings. The third-order valence-electron chi connectivity index (χ3n) is 5.12. The van der Waals surface area contributed by atoms with Gasteiger partial charge in [0.2, 0.25) is 0 Å². The summed E-state index contributed by atoms with van der Waals surface area (Å²) in [6.45, 7) is 3.90. The van der Waals surface area contributed by atoms with Crippen molar-refractivity contribution in [2.24, 2.45) is 0 Å². The van der Waals surface area contributed by atoms with E-state index in [9.17, 15) is 9.59 Å². The number of carbonyl (C=O) groups excluding carboxylic acids is 2. The summed E-state index contributed by atoms with van der Waals surface area (Å²) >= 11 is 1.66. The zero-order chi connectivity index (χ0) is 21.0. The molecule has 1 aliphatic rings. The maximum Gasteiger partial charge on any atom is 0.331 e. The Kier molecular flexibility index (Phi) is 6.28. The molecule has 0 N–H and O–H groups in total. The van der Waals surface area contributed by atoms with Gasteiger partial charge in [0.25, 0.3) is 0 Å². The van der Waals surface area contributed by atoms with Gasteiger partial charge in [-0.25, -0.2) is 4.79 Å². The molecule has 0 amide bonds. The highest BCUT2D eigenvalue weighted by atomic mass is 32.2. The van der Waals surface area contributed by atoms with Gasteiger partial charge in [-0.1, -0.05) is 44.2 Å². The van der Waals surface area contributed by atoms with Crippen LogP contribution in [0.3, 0.4) is 0 Å². The molecule has 1 aliphatic heterocycles. The van der Waals surface area contributed by atoms with Gasteiger partial charge in [-0.15, -0.1) is 11.8 Å². The molecule has 0 aromatic heterocycles. The minimum absolute atomic E-state index is 0.237. The second kappa shape index (κ2) is 8.70. The smallest absolute Gasteiger partial charge is 0.331 e. The number of esters is 1. The number of benzene rings is 2. The predicted octanol–water partition coefficient (Wildman–Crippen LogP) is 4.85. The normalized spacial score (nSPS) is 16.3. The number of para-hydroxylation sites is 1. The summed E-state index contributed by atoms with van der Waals surface area (Å²) in [4.78, 5) is 27.6. The molecule has 0 unspecified atom stereocenters. The summed E-state index contributed by atoms with van der Waals surface area (Å²) in [5.74, 6) is -0.771. The van der Waals surface area contributed by atoms with Crippen molar-refractivity contribution < 1.29 is 14.3 Å². The van der Waals surface area contributed by atoms with E-state index in [-0.39, 0.29) is 17.8 Å². The van der Waals surface area contributed by atoms with E-state index < -0.39 is 5.97 Å². The topological polar surface area (TPSA) is 46.6 Å². The van der Waals surface area contributed by atoms with Gasteiger partial charge < -0.3 is 9.64 Å². The van der Waals surface area contributed by atoms with Crippen LogP contribution in [0.5, 0.6) is 0 Å². The van der Waals surface area contributed by atoms with Crippen LogP contribution in [0.1, 0.15) is 25.0 Å². The monoisotopic (exact) mass is 407 g/mol. The van der Waals surface area contributed by atoms with E-state index in [0.717, 1.165) is 21.8 Å². The number of allylic oxidation sites excluding steroid dienone is 1. The number of anilines is 1. The number of ether oxygens (including phenoxy) is 1. The summed E-state index contributed by atoms with van der Waals surface area (Å²) in [5, 5.41) is 0. The Labute approximate surface area is 176 Å². The van der Waals surface area contributed by atoms with Crippen molar-refractivity contribution in [2.45, 2.75) is 24.2 Å². The van der Waals surface area contributed by atoms with Gasteiger partial charge in [0.1, 0.15) is 0 Å². The quantitative estimate of drug-likeness (QED) is 0.389. The van der Waals surface area contributed by atoms with Crippen molar-refractivity contribution in [2.75, 3.05) is 24.8 Å². The second-order valence-electron chi connectivity index (χ2n) is 7.41. The van der Waals surface area contributed by atoms with Gasteiger partial charge >= 0.3 is 5.97 Å². The molecule has 0 bridgehead atoms. The Morgan fingerprint density at radius 2 is 1.79 bits per heavy atom. The maximum absolute atomic E-state index is 12.4. The van der Waals surface area contributed by atoms with E-state index in [1.165, 1.54) is 11.6 Å². The summed E-state index contributed by atoms with van der Waals surface area (Å²) in [7, 11) is 1.95. The van der Waals surface area contributed by atoms with Crippen molar-refractivity contribution in [3.05, 3.63) is 77.5 Å². The molecular formula is C24H25NO3S. The Hall–Kier alpha value is -2.79. The molecule has 0 aliphatic carbocycles. The van der Waals surface area contributed by atoms with Gasteiger partial charge in [0, 0.05) is 40.9 Å². The maximum atomic E-state index is 12.4. The standard InChI is InChI=1S/C24H25NO3S/c1-24(2)20-7-5-6-8-21(20)25(3)22(24)15-18(26)16-28-23(27)14-11-17-9-12-19(29-4)13-10-17/h5-15H,16H2,1-4H3/b14-11+,22-15?. The Morgan fingerprint density at radius 3 is 2.45 bits per heavy atom.